The van der Waals surface area contributed by atoms with Crippen molar-refractivity contribution in [2.24, 2.45) is 0 Å². The van der Waals surface area contributed by atoms with Gasteiger partial charge in [0.25, 0.3) is 0 Å². The van der Waals surface area contributed by atoms with E-state index in [9.17, 15) is 0 Å². The van der Waals surface area contributed by atoms with Crippen LogP contribution in [0.15, 0.2) is 60.9 Å². The lowest BCUT2D eigenvalue weighted by Crippen LogP contribution is -2.47. The van der Waals surface area contributed by atoms with Gasteiger partial charge in [0.1, 0.15) is 29.2 Å². The van der Waals surface area contributed by atoms with Crippen LogP contribution in [0, 0.1) is 4.77 Å². The fraction of sp³-hybridized carbons (Fsp3) is 0.240. The lowest BCUT2D eigenvalue weighted by molar-refractivity contribution is 0.201. The van der Waals surface area contributed by atoms with E-state index in [1.807, 2.05) is 36.5 Å². The monoisotopic (exact) mass is 471 g/mol. The number of pyridine rings is 1. The standard InChI is InChI=1S/C25H25N7OS/c34-25-28-19-6-2-8-21(23(19)30-25)33-15-14-31-10-12-32(13-11-31)20-7-1-5-18-22(20)29-24(27-18)17-4-3-9-26-16-17/h1-9,16H,10-15H2,(H,27,29)(H2,28,30,34). The van der Waals surface area contributed by atoms with Gasteiger partial charge < -0.3 is 24.6 Å². The fourth-order valence-corrected chi connectivity index (χ4v) is 4.77. The summed E-state index contributed by atoms with van der Waals surface area (Å²) in [5.74, 6) is 1.68. The third-order valence-electron chi connectivity index (χ3n) is 6.32. The van der Waals surface area contributed by atoms with Crippen LogP contribution in [0.4, 0.5) is 5.69 Å². The highest BCUT2D eigenvalue weighted by Crippen LogP contribution is 2.29. The maximum absolute atomic E-state index is 6.08. The van der Waals surface area contributed by atoms with E-state index in [1.165, 1.54) is 5.69 Å². The number of piperazine rings is 1. The van der Waals surface area contributed by atoms with Crippen LogP contribution >= 0.6 is 12.2 Å². The molecule has 172 valence electrons. The summed E-state index contributed by atoms with van der Waals surface area (Å²) in [7, 11) is 0. The maximum atomic E-state index is 6.08. The van der Waals surface area contributed by atoms with E-state index in [1.54, 1.807) is 6.20 Å². The van der Waals surface area contributed by atoms with Crippen molar-refractivity contribution in [3.8, 4) is 17.1 Å². The van der Waals surface area contributed by atoms with E-state index >= 15 is 0 Å². The van der Waals surface area contributed by atoms with Gasteiger partial charge in [-0.25, -0.2) is 4.98 Å². The number of H-pyrrole nitrogens is 3. The fourth-order valence-electron chi connectivity index (χ4n) is 4.56. The topological polar surface area (TPSA) is 88.9 Å². The van der Waals surface area contributed by atoms with Crippen molar-refractivity contribution < 1.29 is 4.74 Å². The molecule has 1 saturated heterocycles. The Bertz CT molecular complexity index is 1480. The second-order valence-corrected chi connectivity index (χ2v) is 8.84. The summed E-state index contributed by atoms with van der Waals surface area (Å²) in [6.07, 6.45) is 3.61. The van der Waals surface area contributed by atoms with Gasteiger partial charge in [0.15, 0.2) is 4.77 Å². The van der Waals surface area contributed by atoms with E-state index in [0.717, 1.165) is 71.9 Å². The molecule has 8 nitrogen and oxygen atoms in total. The number of rotatable bonds is 6. The third kappa shape index (κ3) is 4.04. The molecule has 6 rings (SSSR count). The largest absolute Gasteiger partial charge is 0.490 e. The first kappa shape index (κ1) is 20.9. The molecule has 0 bridgehead atoms. The number of anilines is 1. The Labute approximate surface area is 201 Å². The predicted octanol–water partition coefficient (Wildman–Crippen LogP) is 4.36. The van der Waals surface area contributed by atoms with Crippen molar-refractivity contribution in [2.75, 3.05) is 44.2 Å². The average Bonchev–Trinajstić information content (AvgIpc) is 3.48. The van der Waals surface area contributed by atoms with Crippen LogP contribution < -0.4 is 9.64 Å². The van der Waals surface area contributed by atoms with Crippen LogP contribution in [-0.2, 0) is 0 Å². The molecule has 0 aliphatic carbocycles. The van der Waals surface area contributed by atoms with Crippen LogP contribution in [0.1, 0.15) is 0 Å². The molecule has 0 unspecified atom stereocenters. The zero-order valence-corrected chi connectivity index (χ0v) is 19.4. The van der Waals surface area contributed by atoms with Gasteiger partial charge in [-0.15, -0.1) is 0 Å². The number of imidazole rings is 2. The summed E-state index contributed by atoms with van der Waals surface area (Å²) in [5.41, 5.74) is 6.12. The highest BCUT2D eigenvalue weighted by Gasteiger charge is 2.20. The number of para-hydroxylation sites is 2. The van der Waals surface area contributed by atoms with Gasteiger partial charge in [-0.05, 0) is 48.6 Å². The Balaban J connectivity index is 1.09. The molecule has 1 aliphatic heterocycles. The zero-order chi connectivity index (χ0) is 22.9. The molecule has 0 radical (unpaired) electrons. The van der Waals surface area contributed by atoms with Crippen molar-refractivity contribution in [3.63, 3.8) is 0 Å². The molecule has 0 spiro atoms. The zero-order valence-electron chi connectivity index (χ0n) is 18.6. The highest BCUT2D eigenvalue weighted by molar-refractivity contribution is 7.71. The van der Waals surface area contributed by atoms with Crippen LogP contribution in [0.2, 0.25) is 0 Å². The quantitative estimate of drug-likeness (QED) is 0.319. The van der Waals surface area contributed by atoms with Gasteiger partial charge in [-0.1, -0.05) is 12.1 Å². The summed E-state index contributed by atoms with van der Waals surface area (Å²) < 4.78 is 6.69. The summed E-state index contributed by atoms with van der Waals surface area (Å²) >= 11 is 5.21. The number of nitrogens with zero attached hydrogens (tertiary/aromatic N) is 4. The van der Waals surface area contributed by atoms with Crippen LogP contribution in [0.3, 0.4) is 0 Å². The maximum Gasteiger partial charge on any atom is 0.175 e. The lowest BCUT2D eigenvalue weighted by atomic mass is 10.2. The first-order valence-corrected chi connectivity index (χ1v) is 11.9. The number of hydrogen-bond acceptors (Lipinski definition) is 6. The Morgan fingerprint density at radius 3 is 2.62 bits per heavy atom. The minimum atomic E-state index is 0.613. The van der Waals surface area contributed by atoms with Crippen LogP contribution in [0.5, 0.6) is 5.75 Å². The minimum Gasteiger partial charge on any atom is -0.490 e. The molecule has 1 aliphatic rings. The van der Waals surface area contributed by atoms with Gasteiger partial charge in [-0.2, -0.15) is 0 Å². The Kier molecular flexibility index (Phi) is 5.48. The molecule has 3 aromatic heterocycles. The van der Waals surface area contributed by atoms with Crippen molar-refractivity contribution in [1.82, 2.24) is 29.8 Å². The summed E-state index contributed by atoms with van der Waals surface area (Å²) in [6.45, 7) is 5.39. The molecule has 1 fully saturated rings. The molecule has 0 saturated carbocycles. The normalized spacial score (nSPS) is 14.8. The number of aromatic nitrogens is 5. The van der Waals surface area contributed by atoms with Gasteiger partial charge in [-0.3, -0.25) is 9.88 Å². The van der Waals surface area contributed by atoms with Gasteiger partial charge in [0.05, 0.1) is 16.7 Å². The number of hydrogen-bond donors (Lipinski definition) is 3. The van der Waals surface area contributed by atoms with E-state index in [0.29, 0.717) is 11.4 Å². The van der Waals surface area contributed by atoms with Crippen molar-refractivity contribution >= 4 is 40.0 Å². The van der Waals surface area contributed by atoms with Crippen LogP contribution in [-0.4, -0.2) is 69.2 Å². The van der Waals surface area contributed by atoms with Crippen molar-refractivity contribution in [1.29, 1.82) is 0 Å². The molecule has 2 aromatic carbocycles. The highest BCUT2D eigenvalue weighted by atomic mass is 32.1. The van der Waals surface area contributed by atoms with Gasteiger partial charge >= 0.3 is 0 Å². The lowest BCUT2D eigenvalue weighted by Gasteiger charge is -2.36. The minimum absolute atomic E-state index is 0.613. The number of ether oxygens (including phenoxy) is 1. The third-order valence-corrected chi connectivity index (χ3v) is 6.52. The number of benzene rings is 2. The summed E-state index contributed by atoms with van der Waals surface area (Å²) in [5, 5.41) is 0. The Morgan fingerprint density at radius 2 is 1.76 bits per heavy atom. The van der Waals surface area contributed by atoms with Crippen molar-refractivity contribution in [2.45, 2.75) is 0 Å². The second-order valence-electron chi connectivity index (χ2n) is 8.44. The first-order chi connectivity index (χ1) is 16.7. The van der Waals surface area contributed by atoms with Gasteiger partial charge in [0, 0.05) is 50.7 Å². The summed E-state index contributed by atoms with van der Waals surface area (Å²) in [6, 6.07) is 16.2. The molecular formula is C25H25N7OS. The van der Waals surface area contributed by atoms with E-state index in [-0.39, 0.29) is 0 Å². The van der Waals surface area contributed by atoms with Crippen LogP contribution in [0.25, 0.3) is 33.5 Å². The SMILES string of the molecule is S=c1[nH]c2cccc(OCCN3CCN(c4cccc5[nH]c(-c6cccnc6)nc45)CC3)c2[nH]1. The van der Waals surface area contributed by atoms with E-state index in [2.05, 4.69) is 47.9 Å². The molecule has 5 aromatic rings. The molecule has 4 heterocycles. The predicted molar refractivity (Wildman–Crippen MR) is 137 cm³/mol. The molecule has 0 amide bonds. The molecular weight excluding hydrogens is 446 g/mol. The first-order valence-electron chi connectivity index (χ1n) is 11.4. The van der Waals surface area contributed by atoms with Gasteiger partial charge in [0.2, 0.25) is 0 Å². The number of fused-ring (bicyclic) bond motifs is 2. The molecule has 9 heteroatoms. The van der Waals surface area contributed by atoms with E-state index < -0.39 is 0 Å². The van der Waals surface area contributed by atoms with E-state index in [4.69, 9.17) is 21.9 Å². The second kappa shape index (κ2) is 8.92. The molecule has 0 atom stereocenters. The Morgan fingerprint density at radius 1 is 0.912 bits per heavy atom. The van der Waals surface area contributed by atoms with Crippen molar-refractivity contribution in [3.05, 3.63) is 65.7 Å². The molecule has 3 N–H and O–H groups in total. The smallest absolute Gasteiger partial charge is 0.175 e. The molecule has 34 heavy (non-hydrogen) atoms. The number of nitrogens with one attached hydrogen (secondary N) is 3. The Hall–Kier alpha value is -3.69. The summed E-state index contributed by atoms with van der Waals surface area (Å²) in [4.78, 5) is 23.7. The number of aromatic amines is 3. The average molecular weight is 472 g/mol.